The third-order valence-corrected chi connectivity index (χ3v) is 5.94. The molecule has 5 rings (SSSR count). The van der Waals surface area contributed by atoms with Crippen molar-refractivity contribution in [3.8, 4) is 5.75 Å². The summed E-state index contributed by atoms with van der Waals surface area (Å²) in [5, 5.41) is 1.81. The zero-order valence-electron chi connectivity index (χ0n) is 22.0. The summed E-state index contributed by atoms with van der Waals surface area (Å²) in [7, 11) is 0. The van der Waals surface area contributed by atoms with Crippen molar-refractivity contribution < 1.29 is 29.3 Å². The van der Waals surface area contributed by atoms with E-state index in [0.29, 0.717) is 11.3 Å². The van der Waals surface area contributed by atoms with Crippen molar-refractivity contribution >= 4 is 17.7 Å². The Labute approximate surface area is 198 Å². The molecule has 33 heavy (non-hydrogen) atoms. The van der Waals surface area contributed by atoms with Gasteiger partial charge in [0.2, 0.25) is 11.8 Å². The van der Waals surface area contributed by atoms with E-state index in [-0.39, 0.29) is 18.7 Å². The van der Waals surface area contributed by atoms with Gasteiger partial charge in [-0.15, -0.1) is 0 Å². The minimum atomic E-state index is -2.82. The predicted octanol–water partition coefficient (Wildman–Crippen LogP) is 1.86. The Morgan fingerprint density at radius 2 is 1.85 bits per heavy atom. The summed E-state index contributed by atoms with van der Waals surface area (Å²) in [5.74, 6) is -2.79. The number of imide groups is 1. The molecule has 3 aliphatic heterocycles. The van der Waals surface area contributed by atoms with Gasteiger partial charge in [0, 0.05) is 41.2 Å². The SMILES string of the molecule is [2H]C1C([2H])([2H])C(=O)NC(=O)C1([2H])N1Cc2c(OCc3ccc(CN4CCOCC4)cc3)cccc2C1=O. The maximum atomic E-state index is 13.2. The van der Waals surface area contributed by atoms with E-state index in [2.05, 4.69) is 4.90 Å². The van der Waals surface area contributed by atoms with Crippen LogP contribution in [-0.4, -0.2) is 59.8 Å². The van der Waals surface area contributed by atoms with Crippen LogP contribution in [0.2, 0.25) is 0 Å². The number of carbonyl (C=O) groups is 3. The summed E-state index contributed by atoms with van der Waals surface area (Å²) < 4.78 is 44.1. The number of carbonyl (C=O) groups excluding carboxylic acids is 3. The maximum Gasteiger partial charge on any atom is 0.255 e. The van der Waals surface area contributed by atoms with E-state index >= 15 is 0 Å². The lowest BCUT2D eigenvalue weighted by Gasteiger charge is -2.29. The highest BCUT2D eigenvalue weighted by molar-refractivity contribution is 6.05. The Morgan fingerprint density at radius 1 is 1.09 bits per heavy atom. The molecule has 3 heterocycles. The van der Waals surface area contributed by atoms with Crippen molar-refractivity contribution in [1.29, 1.82) is 0 Å². The number of nitrogens with one attached hydrogen (secondary N) is 1. The van der Waals surface area contributed by atoms with Gasteiger partial charge in [0.25, 0.3) is 5.91 Å². The number of fused-ring (bicyclic) bond motifs is 1. The number of nitrogens with zero attached hydrogens (tertiary/aromatic N) is 2. The zero-order chi connectivity index (χ0) is 26.4. The van der Waals surface area contributed by atoms with E-state index in [4.69, 9.17) is 15.0 Å². The van der Waals surface area contributed by atoms with Gasteiger partial charge in [-0.3, -0.25) is 24.6 Å². The topological polar surface area (TPSA) is 88.2 Å². The highest BCUT2D eigenvalue weighted by Gasteiger charge is 2.40. The summed E-state index contributed by atoms with van der Waals surface area (Å²) in [4.78, 5) is 40.9. The average Bonchev–Trinajstić information content (AvgIpc) is 3.24. The number of morpholine rings is 1. The van der Waals surface area contributed by atoms with Crippen molar-refractivity contribution in [3.63, 3.8) is 0 Å². The molecule has 172 valence electrons. The monoisotopic (exact) mass is 453 g/mol. The van der Waals surface area contributed by atoms with E-state index in [9.17, 15) is 14.4 Å². The summed E-state index contributed by atoms with van der Waals surface area (Å²) in [6.45, 7) is 4.15. The molecule has 3 aliphatic rings. The molecule has 0 saturated carbocycles. The van der Waals surface area contributed by atoms with Gasteiger partial charge in [0.05, 0.1) is 21.1 Å². The lowest BCUT2D eigenvalue weighted by molar-refractivity contribution is -0.136. The van der Waals surface area contributed by atoms with Gasteiger partial charge in [-0.1, -0.05) is 30.3 Å². The quantitative estimate of drug-likeness (QED) is 0.672. The molecule has 0 bridgehead atoms. The zero-order valence-corrected chi connectivity index (χ0v) is 18.0. The molecule has 3 amide bonds. The molecular formula is C25H27N3O5. The fraction of sp³-hybridized carbons (Fsp3) is 0.400. The van der Waals surface area contributed by atoms with Crippen molar-refractivity contribution in [3.05, 3.63) is 64.7 Å². The Bertz CT molecular complexity index is 1240. The fourth-order valence-electron chi connectivity index (χ4n) is 4.16. The second-order valence-corrected chi connectivity index (χ2v) is 8.12. The van der Waals surface area contributed by atoms with Crippen LogP contribution in [-0.2, 0) is 34.0 Å². The van der Waals surface area contributed by atoms with Gasteiger partial charge in [0.1, 0.15) is 18.4 Å². The second kappa shape index (κ2) is 9.33. The number of piperidine rings is 1. The Balaban J connectivity index is 1.30. The lowest BCUT2D eigenvalue weighted by Crippen LogP contribution is -2.52. The van der Waals surface area contributed by atoms with Crippen molar-refractivity contribution in [2.45, 2.75) is 38.5 Å². The highest BCUT2D eigenvalue weighted by atomic mass is 16.5. The molecule has 0 aliphatic carbocycles. The van der Waals surface area contributed by atoms with Crippen LogP contribution in [0.4, 0.5) is 0 Å². The molecule has 2 aromatic carbocycles. The van der Waals surface area contributed by atoms with Gasteiger partial charge >= 0.3 is 0 Å². The number of hydrogen-bond donors (Lipinski definition) is 1. The van der Waals surface area contributed by atoms with E-state index in [1.807, 2.05) is 29.6 Å². The molecule has 2 unspecified atom stereocenters. The third kappa shape index (κ3) is 4.62. The normalized spacial score (nSPS) is 28.9. The molecule has 0 spiro atoms. The summed E-state index contributed by atoms with van der Waals surface area (Å²) >= 11 is 0. The van der Waals surface area contributed by atoms with Crippen LogP contribution in [0.3, 0.4) is 0 Å². The van der Waals surface area contributed by atoms with Crippen molar-refractivity contribution in [2.24, 2.45) is 0 Å². The molecule has 8 nitrogen and oxygen atoms in total. The fourth-order valence-corrected chi connectivity index (χ4v) is 4.16. The van der Waals surface area contributed by atoms with Crippen LogP contribution in [0.25, 0.3) is 0 Å². The molecule has 2 fully saturated rings. The number of benzene rings is 2. The number of rotatable bonds is 6. The Morgan fingerprint density at radius 3 is 2.64 bits per heavy atom. The van der Waals surface area contributed by atoms with Crippen LogP contribution in [0.15, 0.2) is 42.5 Å². The lowest BCUT2D eigenvalue weighted by atomic mass is 10.0. The molecule has 8 heteroatoms. The Kier molecular flexibility index (Phi) is 4.88. The second-order valence-electron chi connectivity index (χ2n) is 8.12. The molecule has 2 atom stereocenters. The molecule has 2 aromatic rings. The van der Waals surface area contributed by atoms with E-state index in [0.717, 1.165) is 43.3 Å². The van der Waals surface area contributed by atoms with Gasteiger partial charge < -0.3 is 14.4 Å². The smallest absolute Gasteiger partial charge is 0.255 e. The predicted molar refractivity (Wildman–Crippen MR) is 119 cm³/mol. The van der Waals surface area contributed by atoms with Crippen molar-refractivity contribution in [2.75, 3.05) is 26.3 Å². The van der Waals surface area contributed by atoms with Crippen LogP contribution >= 0.6 is 0 Å². The first-order valence-corrected chi connectivity index (χ1v) is 10.8. The first kappa shape index (κ1) is 17.3. The van der Waals surface area contributed by atoms with E-state index in [1.54, 1.807) is 12.1 Å². The van der Waals surface area contributed by atoms with Crippen LogP contribution in [0, 0.1) is 0 Å². The third-order valence-electron chi connectivity index (χ3n) is 5.94. The number of ether oxygens (including phenoxy) is 2. The molecular weight excluding hydrogens is 422 g/mol. The molecule has 2 saturated heterocycles. The molecule has 0 radical (unpaired) electrons. The van der Waals surface area contributed by atoms with Gasteiger partial charge in [-0.2, -0.15) is 0 Å². The summed E-state index contributed by atoms with van der Waals surface area (Å²) in [6.07, 6.45) is -4.95. The maximum absolute atomic E-state index is 13.2. The van der Waals surface area contributed by atoms with Gasteiger partial charge in [-0.05, 0) is 29.7 Å². The molecule has 0 aromatic heterocycles. The minimum Gasteiger partial charge on any atom is -0.489 e. The number of amides is 3. The van der Waals surface area contributed by atoms with Crippen LogP contribution < -0.4 is 10.1 Å². The molecule has 1 N–H and O–H groups in total. The first-order chi connectivity index (χ1) is 17.6. The Hall–Kier alpha value is -3.23. The van der Waals surface area contributed by atoms with Crippen LogP contribution in [0.1, 0.15) is 45.3 Å². The highest BCUT2D eigenvalue weighted by Crippen LogP contribution is 2.34. The largest absolute Gasteiger partial charge is 0.489 e. The first-order valence-electron chi connectivity index (χ1n) is 12.9. The van der Waals surface area contributed by atoms with Crippen LogP contribution in [0.5, 0.6) is 5.75 Å². The summed E-state index contributed by atoms with van der Waals surface area (Å²) in [5.41, 5.74) is 2.76. The standard InChI is InChI=1S/C25H27N3O5/c29-23-9-8-21(24(30)26-23)28-15-20-19(25(28)31)2-1-3-22(20)33-16-18-6-4-17(5-7-18)14-27-10-12-32-13-11-27/h1-7,21H,8-16H2,(H,26,29,30)/i8D,9D2,21D. The average molecular weight is 454 g/mol. The number of hydrogen-bond acceptors (Lipinski definition) is 6. The van der Waals surface area contributed by atoms with Gasteiger partial charge in [0.15, 0.2) is 0 Å². The van der Waals surface area contributed by atoms with Crippen molar-refractivity contribution in [1.82, 2.24) is 15.1 Å². The van der Waals surface area contributed by atoms with E-state index < -0.39 is 36.5 Å². The van der Waals surface area contributed by atoms with E-state index in [1.165, 1.54) is 11.6 Å². The summed E-state index contributed by atoms with van der Waals surface area (Å²) in [6, 6.07) is 10.3. The van der Waals surface area contributed by atoms with Gasteiger partial charge in [-0.25, -0.2) is 0 Å². The minimum absolute atomic E-state index is 0.211.